The summed E-state index contributed by atoms with van der Waals surface area (Å²) < 4.78 is 37.9. The quantitative estimate of drug-likeness (QED) is 0.831. The van der Waals surface area contributed by atoms with Crippen molar-refractivity contribution in [3.63, 3.8) is 0 Å². The highest BCUT2D eigenvalue weighted by molar-refractivity contribution is 5.53. The highest BCUT2D eigenvalue weighted by atomic mass is 19.4. The van der Waals surface area contributed by atoms with Crippen molar-refractivity contribution in [2.24, 2.45) is 0 Å². The first-order valence-electron chi connectivity index (χ1n) is 6.91. The van der Waals surface area contributed by atoms with Gasteiger partial charge in [0.15, 0.2) is 0 Å². The van der Waals surface area contributed by atoms with Gasteiger partial charge in [0.25, 0.3) is 0 Å². The maximum absolute atomic E-state index is 12.6. The lowest BCUT2D eigenvalue weighted by atomic mass is 9.77. The Kier molecular flexibility index (Phi) is 4.09. The van der Waals surface area contributed by atoms with Crippen molar-refractivity contribution >= 4 is 11.4 Å². The summed E-state index contributed by atoms with van der Waals surface area (Å²) in [4.78, 5) is 0. The summed E-state index contributed by atoms with van der Waals surface area (Å²) in [6.07, 6.45) is -5.30. The molecule has 0 fully saturated rings. The third kappa shape index (κ3) is 3.53. The molecule has 0 aliphatic rings. The summed E-state index contributed by atoms with van der Waals surface area (Å²) in [5, 5.41) is 0. The molecule has 5 heteroatoms. The molecule has 0 aliphatic heterocycles. The summed E-state index contributed by atoms with van der Waals surface area (Å²) in [6.45, 7) is 3.92. The van der Waals surface area contributed by atoms with Gasteiger partial charge < -0.3 is 11.5 Å². The number of rotatable bonds is 3. The second-order valence-corrected chi connectivity index (χ2v) is 5.95. The van der Waals surface area contributed by atoms with Gasteiger partial charge in [0.05, 0.1) is 6.42 Å². The van der Waals surface area contributed by atoms with E-state index in [0.29, 0.717) is 5.69 Å². The van der Waals surface area contributed by atoms with Gasteiger partial charge in [0.2, 0.25) is 0 Å². The van der Waals surface area contributed by atoms with Crippen LogP contribution < -0.4 is 11.5 Å². The number of halogens is 3. The highest BCUT2D eigenvalue weighted by Gasteiger charge is 2.30. The maximum atomic E-state index is 12.6. The molecule has 22 heavy (non-hydrogen) atoms. The van der Waals surface area contributed by atoms with E-state index in [-0.39, 0.29) is 11.3 Å². The monoisotopic (exact) mass is 308 g/mol. The van der Waals surface area contributed by atoms with Crippen LogP contribution in [-0.4, -0.2) is 6.18 Å². The molecular formula is C17H19F3N2. The summed E-state index contributed by atoms with van der Waals surface area (Å²) in [6, 6.07) is 12.2. The van der Waals surface area contributed by atoms with Crippen LogP contribution in [0.3, 0.4) is 0 Å². The maximum Gasteiger partial charge on any atom is 0.393 e. The first-order chi connectivity index (χ1) is 10.1. The third-order valence-electron chi connectivity index (χ3n) is 3.89. The number of nitrogens with two attached hydrogens (primary N) is 2. The molecule has 0 saturated carbocycles. The minimum atomic E-state index is -4.28. The zero-order chi connectivity index (χ0) is 16.5. The van der Waals surface area contributed by atoms with Crippen LogP contribution in [0.1, 0.15) is 30.5 Å². The Morgan fingerprint density at radius 2 is 1.41 bits per heavy atom. The van der Waals surface area contributed by atoms with Crippen molar-refractivity contribution in [3.05, 3.63) is 59.2 Å². The van der Waals surface area contributed by atoms with Crippen LogP contribution in [0.4, 0.5) is 24.5 Å². The van der Waals surface area contributed by atoms with Crippen molar-refractivity contribution in [2.75, 3.05) is 11.5 Å². The van der Waals surface area contributed by atoms with E-state index in [0.717, 1.165) is 11.1 Å². The van der Waals surface area contributed by atoms with Gasteiger partial charge in [-0.2, -0.15) is 13.2 Å². The number of hydrogen-bond acceptors (Lipinski definition) is 2. The van der Waals surface area contributed by atoms with Crippen LogP contribution in [0.25, 0.3) is 0 Å². The molecule has 2 aromatic rings. The third-order valence-corrected chi connectivity index (χ3v) is 3.89. The van der Waals surface area contributed by atoms with Crippen molar-refractivity contribution in [1.82, 2.24) is 0 Å². The molecule has 0 amide bonds. The van der Waals surface area contributed by atoms with E-state index in [1.54, 1.807) is 24.3 Å². The first kappa shape index (κ1) is 16.2. The molecule has 0 saturated heterocycles. The topological polar surface area (TPSA) is 52.0 Å². The molecule has 4 N–H and O–H groups in total. The van der Waals surface area contributed by atoms with Gasteiger partial charge >= 0.3 is 6.18 Å². The molecular weight excluding hydrogens is 289 g/mol. The lowest BCUT2D eigenvalue weighted by molar-refractivity contribution is -0.127. The normalized spacial score (nSPS) is 12.4. The molecule has 0 heterocycles. The molecule has 118 valence electrons. The average Bonchev–Trinajstić information content (AvgIpc) is 2.40. The smallest absolute Gasteiger partial charge is 0.393 e. The van der Waals surface area contributed by atoms with Gasteiger partial charge in [0, 0.05) is 16.8 Å². The SMILES string of the molecule is CC(C)(c1ccc(N)cc1)c1ccc(N)c(CC(F)(F)F)c1. The zero-order valence-corrected chi connectivity index (χ0v) is 12.5. The van der Waals surface area contributed by atoms with E-state index in [2.05, 4.69) is 0 Å². The van der Waals surface area contributed by atoms with Crippen molar-refractivity contribution < 1.29 is 13.2 Å². The Labute approximate surface area is 127 Å². The van der Waals surface area contributed by atoms with Gasteiger partial charge in [-0.1, -0.05) is 38.1 Å². The zero-order valence-electron chi connectivity index (χ0n) is 12.5. The molecule has 2 nitrogen and oxygen atoms in total. The van der Waals surface area contributed by atoms with E-state index in [9.17, 15) is 13.2 Å². The summed E-state index contributed by atoms with van der Waals surface area (Å²) in [5.74, 6) is 0. The molecule has 0 atom stereocenters. The van der Waals surface area contributed by atoms with E-state index < -0.39 is 18.0 Å². The second-order valence-electron chi connectivity index (χ2n) is 5.95. The van der Waals surface area contributed by atoms with E-state index >= 15 is 0 Å². The van der Waals surface area contributed by atoms with Gasteiger partial charge in [-0.3, -0.25) is 0 Å². The Bertz CT molecular complexity index is 659. The predicted octanol–water partition coefficient (Wildman–Crippen LogP) is 4.28. The summed E-state index contributed by atoms with van der Waals surface area (Å²) in [7, 11) is 0. The van der Waals surface area contributed by atoms with Gasteiger partial charge in [-0.05, 0) is 34.9 Å². The van der Waals surface area contributed by atoms with Crippen molar-refractivity contribution in [3.8, 4) is 0 Å². The fourth-order valence-corrected chi connectivity index (χ4v) is 2.43. The van der Waals surface area contributed by atoms with Crippen LogP contribution >= 0.6 is 0 Å². The minimum Gasteiger partial charge on any atom is -0.399 e. The average molecular weight is 308 g/mol. The van der Waals surface area contributed by atoms with Crippen LogP contribution in [0.5, 0.6) is 0 Å². The molecule has 0 spiro atoms. The van der Waals surface area contributed by atoms with Gasteiger partial charge in [0.1, 0.15) is 0 Å². The Morgan fingerprint density at radius 1 is 0.864 bits per heavy atom. The molecule has 0 unspecified atom stereocenters. The van der Waals surface area contributed by atoms with Crippen LogP contribution in [0.2, 0.25) is 0 Å². The molecule has 2 aromatic carbocycles. The Morgan fingerprint density at radius 3 is 1.95 bits per heavy atom. The standard InChI is InChI=1S/C17H19F3N2/c1-16(2,12-3-6-14(21)7-4-12)13-5-8-15(22)11(9-13)10-17(18,19)20/h3-9H,10,21-22H2,1-2H3. The molecule has 0 bridgehead atoms. The predicted molar refractivity (Wildman–Crippen MR) is 83.6 cm³/mol. The van der Waals surface area contributed by atoms with Gasteiger partial charge in [-0.15, -0.1) is 0 Å². The van der Waals surface area contributed by atoms with Crippen molar-refractivity contribution in [1.29, 1.82) is 0 Å². The number of alkyl halides is 3. The Hall–Kier alpha value is -2.17. The number of hydrogen-bond donors (Lipinski definition) is 2. The van der Waals surface area contributed by atoms with E-state index in [1.807, 2.05) is 26.0 Å². The number of benzene rings is 2. The lowest BCUT2D eigenvalue weighted by Gasteiger charge is -2.27. The largest absolute Gasteiger partial charge is 0.399 e. The Balaban J connectivity index is 2.43. The first-order valence-corrected chi connectivity index (χ1v) is 6.91. The second kappa shape index (κ2) is 5.55. The summed E-state index contributed by atoms with van der Waals surface area (Å²) >= 11 is 0. The van der Waals surface area contributed by atoms with E-state index in [1.165, 1.54) is 6.07 Å². The fraction of sp³-hybridized carbons (Fsp3) is 0.294. The highest BCUT2D eigenvalue weighted by Crippen LogP contribution is 2.34. The molecule has 0 radical (unpaired) electrons. The van der Waals surface area contributed by atoms with Gasteiger partial charge in [-0.25, -0.2) is 0 Å². The van der Waals surface area contributed by atoms with E-state index in [4.69, 9.17) is 11.5 Å². The molecule has 2 rings (SSSR count). The van der Waals surface area contributed by atoms with Crippen molar-refractivity contribution in [2.45, 2.75) is 31.9 Å². The number of anilines is 2. The lowest BCUT2D eigenvalue weighted by Crippen LogP contribution is -2.20. The van der Waals surface area contributed by atoms with Crippen LogP contribution in [0.15, 0.2) is 42.5 Å². The molecule has 0 aromatic heterocycles. The minimum absolute atomic E-state index is 0.105. The molecule has 0 aliphatic carbocycles. The van der Waals surface area contributed by atoms with Crippen LogP contribution in [-0.2, 0) is 11.8 Å². The van der Waals surface area contributed by atoms with Crippen LogP contribution in [0, 0.1) is 0 Å². The summed E-state index contributed by atoms with van der Waals surface area (Å²) in [5.41, 5.74) is 13.6. The number of nitrogen functional groups attached to an aromatic ring is 2. The fourth-order valence-electron chi connectivity index (χ4n) is 2.43.